The summed E-state index contributed by atoms with van der Waals surface area (Å²) in [6.45, 7) is 2.11. The van der Waals surface area contributed by atoms with E-state index in [9.17, 15) is 4.79 Å². The van der Waals surface area contributed by atoms with Crippen molar-refractivity contribution in [3.8, 4) is 0 Å². The Hall–Kier alpha value is -1.62. The van der Waals surface area contributed by atoms with Crippen LogP contribution in [0.4, 0.5) is 5.82 Å². The van der Waals surface area contributed by atoms with Gasteiger partial charge >= 0.3 is 0 Å². The largest absolute Gasteiger partial charge is 0.369 e. The topological polar surface area (TPSA) is 85.2 Å². The van der Waals surface area contributed by atoms with Crippen molar-refractivity contribution in [1.82, 2.24) is 4.98 Å². The van der Waals surface area contributed by atoms with Gasteiger partial charge in [0, 0.05) is 25.6 Å². The molecule has 1 saturated heterocycles. The monoisotopic (exact) mass is 234 g/mol. The van der Waals surface area contributed by atoms with Crippen LogP contribution in [0.3, 0.4) is 0 Å². The third kappa shape index (κ3) is 2.74. The zero-order valence-corrected chi connectivity index (χ0v) is 9.80. The van der Waals surface area contributed by atoms with E-state index >= 15 is 0 Å². The minimum absolute atomic E-state index is 0.0175. The summed E-state index contributed by atoms with van der Waals surface area (Å²) in [6.07, 6.45) is 1.62. The lowest BCUT2D eigenvalue weighted by Gasteiger charge is -2.31. The predicted molar refractivity (Wildman–Crippen MR) is 66.3 cm³/mol. The molecular weight excluding hydrogens is 216 g/mol. The molecule has 0 bridgehead atoms. The fourth-order valence-electron chi connectivity index (χ4n) is 2.15. The molecule has 0 unspecified atom stereocenters. The van der Waals surface area contributed by atoms with E-state index in [1.165, 1.54) is 0 Å². The smallest absolute Gasteiger partial charge is 0.220 e. The minimum atomic E-state index is -0.187. The van der Waals surface area contributed by atoms with Gasteiger partial charge in [-0.3, -0.25) is 4.79 Å². The van der Waals surface area contributed by atoms with Crippen LogP contribution < -0.4 is 16.4 Å². The van der Waals surface area contributed by atoms with Crippen molar-refractivity contribution in [3.63, 3.8) is 0 Å². The summed E-state index contributed by atoms with van der Waals surface area (Å²) in [4.78, 5) is 17.7. The van der Waals surface area contributed by atoms with Crippen LogP contribution in [-0.4, -0.2) is 24.0 Å². The van der Waals surface area contributed by atoms with Gasteiger partial charge in [0.05, 0.1) is 5.69 Å². The predicted octanol–water partition coefficient (Wildman–Crippen LogP) is 0.242. The Morgan fingerprint density at radius 3 is 2.71 bits per heavy atom. The van der Waals surface area contributed by atoms with E-state index in [2.05, 4.69) is 9.88 Å². The van der Waals surface area contributed by atoms with Gasteiger partial charge in [0.2, 0.25) is 5.91 Å². The van der Waals surface area contributed by atoms with E-state index in [1.54, 1.807) is 0 Å². The molecule has 5 nitrogen and oxygen atoms in total. The van der Waals surface area contributed by atoms with Gasteiger partial charge in [-0.15, -0.1) is 0 Å². The van der Waals surface area contributed by atoms with Crippen molar-refractivity contribution in [2.45, 2.75) is 19.4 Å². The lowest BCUT2D eigenvalue weighted by molar-refractivity contribution is -0.122. The Labute approximate surface area is 101 Å². The second-order valence-electron chi connectivity index (χ2n) is 4.35. The van der Waals surface area contributed by atoms with Gasteiger partial charge < -0.3 is 16.4 Å². The summed E-state index contributed by atoms with van der Waals surface area (Å²) in [5, 5.41) is 0. The second kappa shape index (κ2) is 5.14. The average molecular weight is 234 g/mol. The maximum Gasteiger partial charge on any atom is 0.220 e. The summed E-state index contributed by atoms with van der Waals surface area (Å²) in [6, 6.07) is 5.86. The van der Waals surface area contributed by atoms with Gasteiger partial charge in [-0.1, -0.05) is 6.07 Å². The molecule has 0 radical (unpaired) electrons. The van der Waals surface area contributed by atoms with E-state index in [1.807, 2.05) is 18.2 Å². The molecule has 5 heteroatoms. The Kier molecular flexibility index (Phi) is 3.58. The molecular formula is C12H18N4O. The lowest BCUT2D eigenvalue weighted by Crippen LogP contribution is -2.39. The van der Waals surface area contributed by atoms with Crippen LogP contribution in [0.5, 0.6) is 0 Å². The minimum Gasteiger partial charge on any atom is -0.369 e. The molecule has 1 aromatic heterocycles. The summed E-state index contributed by atoms with van der Waals surface area (Å²) >= 11 is 0. The molecule has 1 aromatic rings. The molecule has 0 saturated carbocycles. The Balaban J connectivity index is 2.02. The number of primary amides is 1. The van der Waals surface area contributed by atoms with E-state index in [0.29, 0.717) is 6.54 Å². The van der Waals surface area contributed by atoms with Gasteiger partial charge in [-0.25, -0.2) is 4.98 Å². The van der Waals surface area contributed by atoms with Gasteiger partial charge in [-0.2, -0.15) is 0 Å². The highest BCUT2D eigenvalue weighted by Crippen LogP contribution is 2.21. The molecule has 0 spiro atoms. The fraction of sp³-hybridized carbons (Fsp3) is 0.500. The highest BCUT2D eigenvalue weighted by atomic mass is 16.1. The summed E-state index contributed by atoms with van der Waals surface area (Å²) in [7, 11) is 0. The molecule has 17 heavy (non-hydrogen) atoms. The van der Waals surface area contributed by atoms with E-state index < -0.39 is 0 Å². The van der Waals surface area contributed by atoms with Crippen LogP contribution in [0.25, 0.3) is 0 Å². The van der Waals surface area contributed by atoms with Crippen molar-refractivity contribution in [1.29, 1.82) is 0 Å². The van der Waals surface area contributed by atoms with Crippen molar-refractivity contribution in [3.05, 3.63) is 23.9 Å². The molecule has 1 aliphatic rings. The number of amides is 1. The van der Waals surface area contributed by atoms with E-state index in [0.717, 1.165) is 37.4 Å². The Bertz CT molecular complexity index is 399. The van der Waals surface area contributed by atoms with Crippen molar-refractivity contribution < 1.29 is 4.79 Å². The third-order valence-electron chi connectivity index (χ3n) is 3.22. The highest BCUT2D eigenvalue weighted by Gasteiger charge is 2.23. The SMILES string of the molecule is NCc1cccc(N2CCC(C(N)=O)CC2)n1. The molecule has 0 atom stereocenters. The average Bonchev–Trinajstić information content (AvgIpc) is 2.39. The number of carbonyl (C=O) groups excluding carboxylic acids is 1. The quantitative estimate of drug-likeness (QED) is 0.784. The number of nitrogens with two attached hydrogens (primary N) is 2. The van der Waals surface area contributed by atoms with E-state index in [-0.39, 0.29) is 11.8 Å². The number of rotatable bonds is 3. The molecule has 2 rings (SSSR count). The van der Waals surface area contributed by atoms with Crippen molar-refractivity contribution in [2.75, 3.05) is 18.0 Å². The van der Waals surface area contributed by atoms with Crippen molar-refractivity contribution >= 4 is 11.7 Å². The standard InChI is InChI=1S/C12H18N4O/c13-8-10-2-1-3-11(15-10)16-6-4-9(5-7-16)12(14)17/h1-3,9H,4-8,13H2,(H2,14,17). The second-order valence-corrected chi connectivity index (χ2v) is 4.35. The molecule has 1 fully saturated rings. The summed E-state index contributed by atoms with van der Waals surface area (Å²) in [5.74, 6) is 0.771. The molecule has 0 aromatic carbocycles. The fourth-order valence-corrected chi connectivity index (χ4v) is 2.15. The van der Waals surface area contributed by atoms with Crippen LogP contribution in [0.2, 0.25) is 0 Å². The maximum atomic E-state index is 11.1. The van der Waals surface area contributed by atoms with Crippen LogP contribution in [0.15, 0.2) is 18.2 Å². The normalized spacial score (nSPS) is 17.1. The maximum absolute atomic E-state index is 11.1. The number of piperidine rings is 1. The number of carbonyl (C=O) groups is 1. The van der Waals surface area contributed by atoms with Gasteiger partial charge in [-0.05, 0) is 25.0 Å². The number of hydrogen-bond acceptors (Lipinski definition) is 4. The molecule has 92 valence electrons. The molecule has 4 N–H and O–H groups in total. The summed E-state index contributed by atoms with van der Waals surface area (Å²) in [5.41, 5.74) is 11.8. The number of pyridine rings is 1. The lowest BCUT2D eigenvalue weighted by atomic mass is 9.96. The Morgan fingerprint density at radius 1 is 1.41 bits per heavy atom. The number of aromatic nitrogens is 1. The zero-order valence-electron chi connectivity index (χ0n) is 9.80. The molecule has 1 amide bonds. The first-order valence-corrected chi connectivity index (χ1v) is 5.91. The van der Waals surface area contributed by atoms with Crippen LogP contribution in [-0.2, 0) is 11.3 Å². The zero-order chi connectivity index (χ0) is 12.3. The number of hydrogen-bond donors (Lipinski definition) is 2. The first-order valence-electron chi connectivity index (χ1n) is 5.91. The van der Waals surface area contributed by atoms with Crippen LogP contribution >= 0.6 is 0 Å². The highest BCUT2D eigenvalue weighted by molar-refractivity contribution is 5.76. The van der Waals surface area contributed by atoms with Gasteiger partial charge in [0.15, 0.2) is 0 Å². The van der Waals surface area contributed by atoms with Crippen LogP contribution in [0, 0.1) is 5.92 Å². The van der Waals surface area contributed by atoms with Gasteiger partial charge in [0.25, 0.3) is 0 Å². The molecule has 2 heterocycles. The van der Waals surface area contributed by atoms with Crippen LogP contribution in [0.1, 0.15) is 18.5 Å². The van der Waals surface area contributed by atoms with E-state index in [4.69, 9.17) is 11.5 Å². The van der Waals surface area contributed by atoms with Gasteiger partial charge in [0.1, 0.15) is 5.82 Å². The molecule has 0 aliphatic carbocycles. The first kappa shape index (κ1) is 11.9. The number of anilines is 1. The van der Waals surface area contributed by atoms with Crippen molar-refractivity contribution in [2.24, 2.45) is 17.4 Å². The third-order valence-corrected chi connectivity index (χ3v) is 3.22. The first-order chi connectivity index (χ1) is 8.20. The number of nitrogens with zero attached hydrogens (tertiary/aromatic N) is 2. The summed E-state index contributed by atoms with van der Waals surface area (Å²) < 4.78 is 0. The Morgan fingerprint density at radius 2 is 2.12 bits per heavy atom. The molecule has 1 aliphatic heterocycles.